The molecule has 1 rings (SSSR count). The number of hydrogen-bond acceptors (Lipinski definition) is 5. The van der Waals surface area contributed by atoms with Crippen molar-refractivity contribution in [2.45, 2.75) is 47.1 Å². The minimum Gasteiger partial charge on any atom is -0.402 e. The molecule has 0 atom stereocenters. The fourth-order valence-electron chi connectivity index (χ4n) is 2.60. The Hall–Kier alpha value is -2.02. The molecular formula is C22H32Cl2N4O2. The van der Waals surface area contributed by atoms with E-state index in [9.17, 15) is 4.79 Å². The largest absolute Gasteiger partial charge is 0.402 e. The fourth-order valence-corrected chi connectivity index (χ4v) is 2.92. The first kappa shape index (κ1) is 26.0. The zero-order valence-electron chi connectivity index (χ0n) is 18.4. The average molecular weight is 455 g/mol. The van der Waals surface area contributed by atoms with Crippen LogP contribution in [0.4, 0.5) is 0 Å². The molecular weight excluding hydrogens is 423 g/mol. The smallest absolute Gasteiger partial charge is 0.275 e. The van der Waals surface area contributed by atoms with Gasteiger partial charge in [0.05, 0.1) is 16.7 Å². The summed E-state index contributed by atoms with van der Waals surface area (Å²) >= 11 is 12.1. The van der Waals surface area contributed by atoms with E-state index in [1.807, 2.05) is 26.8 Å². The number of benzene rings is 1. The molecule has 8 heteroatoms. The highest BCUT2D eigenvalue weighted by atomic mass is 35.5. The van der Waals surface area contributed by atoms with E-state index in [2.05, 4.69) is 15.6 Å². The zero-order chi connectivity index (χ0) is 22.7. The molecule has 0 radical (unpaired) electrons. The molecule has 6 nitrogen and oxygen atoms in total. The van der Waals surface area contributed by atoms with Crippen LogP contribution in [-0.2, 0) is 16.1 Å². The van der Waals surface area contributed by atoms with Gasteiger partial charge in [-0.15, -0.1) is 0 Å². The van der Waals surface area contributed by atoms with Gasteiger partial charge in [-0.2, -0.15) is 0 Å². The van der Waals surface area contributed by atoms with Gasteiger partial charge in [0.25, 0.3) is 5.91 Å². The lowest BCUT2D eigenvalue weighted by Crippen LogP contribution is -2.37. The summed E-state index contributed by atoms with van der Waals surface area (Å²) in [6, 6.07) is 5.42. The number of carbonyl (C=O) groups excluding carboxylic acids is 1. The normalized spacial score (nSPS) is 13.5. The zero-order valence-corrected chi connectivity index (χ0v) is 19.9. The monoisotopic (exact) mass is 454 g/mol. The molecule has 0 aliphatic rings. The van der Waals surface area contributed by atoms with Crippen LogP contribution in [0.15, 0.2) is 45.9 Å². The Morgan fingerprint density at radius 1 is 1.20 bits per heavy atom. The van der Waals surface area contributed by atoms with Gasteiger partial charge in [-0.1, -0.05) is 36.2 Å². The number of halogens is 2. The quantitative estimate of drug-likeness (QED) is 0.337. The Morgan fingerprint density at radius 3 is 2.47 bits per heavy atom. The number of amides is 1. The van der Waals surface area contributed by atoms with Crippen molar-refractivity contribution < 1.29 is 9.53 Å². The van der Waals surface area contributed by atoms with Crippen molar-refractivity contribution in [2.75, 3.05) is 20.3 Å². The number of nitrogens with one attached hydrogen (secondary N) is 2. The van der Waals surface area contributed by atoms with Gasteiger partial charge in [0.15, 0.2) is 0 Å². The Labute approximate surface area is 189 Å². The van der Waals surface area contributed by atoms with Crippen molar-refractivity contribution in [3.8, 4) is 0 Å². The summed E-state index contributed by atoms with van der Waals surface area (Å²) in [5.74, 6) is 0.314. The van der Waals surface area contributed by atoms with Gasteiger partial charge in [0, 0.05) is 32.3 Å². The van der Waals surface area contributed by atoms with Crippen molar-refractivity contribution in [1.82, 2.24) is 10.6 Å². The molecule has 166 valence electrons. The van der Waals surface area contributed by atoms with Gasteiger partial charge in [-0.25, -0.2) is 0 Å². The summed E-state index contributed by atoms with van der Waals surface area (Å²) in [4.78, 5) is 17.1. The van der Waals surface area contributed by atoms with Crippen LogP contribution in [0.1, 0.15) is 46.1 Å². The number of ether oxygens (including phenoxy) is 1. The Kier molecular flexibility index (Phi) is 11.5. The number of rotatable bonds is 11. The number of carbonyl (C=O) groups is 1. The summed E-state index contributed by atoms with van der Waals surface area (Å²) in [6.07, 6.45) is 1.31. The number of aliphatic imine (C=N–C) groups is 1. The molecule has 0 aliphatic carbocycles. The van der Waals surface area contributed by atoms with Crippen molar-refractivity contribution in [1.29, 1.82) is 0 Å². The van der Waals surface area contributed by atoms with Crippen LogP contribution in [0.5, 0.6) is 0 Å². The van der Waals surface area contributed by atoms with Gasteiger partial charge in [-0.05, 0) is 56.0 Å². The Morgan fingerprint density at radius 2 is 1.90 bits per heavy atom. The molecule has 0 saturated carbocycles. The van der Waals surface area contributed by atoms with Gasteiger partial charge in [0.1, 0.15) is 11.5 Å². The molecule has 0 aliphatic heterocycles. The maximum absolute atomic E-state index is 12.9. The van der Waals surface area contributed by atoms with Crippen LogP contribution in [0, 0.1) is 0 Å². The summed E-state index contributed by atoms with van der Waals surface area (Å²) in [6.45, 7) is 9.30. The molecule has 0 unspecified atom stereocenters. The van der Waals surface area contributed by atoms with Gasteiger partial charge >= 0.3 is 0 Å². The summed E-state index contributed by atoms with van der Waals surface area (Å²) in [7, 11) is 1.58. The first-order valence-corrected chi connectivity index (χ1v) is 10.7. The molecule has 1 aromatic rings. The van der Waals surface area contributed by atoms with E-state index in [0.29, 0.717) is 59.0 Å². The molecule has 0 spiro atoms. The van der Waals surface area contributed by atoms with Gasteiger partial charge in [-0.3, -0.25) is 9.79 Å². The fraction of sp³-hybridized carbons (Fsp3) is 0.455. The minimum atomic E-state index is -0.321. The van der Waals surface area contributed by atoms with Crippen LogP contribution >= 0.6 is 23.2 Å². The Balaban J connectivity index is 2.94. The van der Waals surface area contributed by atoms with Crippen molar-refractivity contribution in [3.05, 3.63) is 56.5 Å². The SMILES string of the molecule is CCOCCC(N)=C(C)C(=NC)C(=O)N/C(NCc1ccc(Cl)c(Cl)c1)=C(/C)CC. The highest BCUT2D eigenvalue weighted by Gasteiger charge is 2.17. The van der Waals surface area contributed by atoms with Crippen LogP contribution in [0.25, 0.3) is 0 Å². The maximum Gasteiger partial charge on any atom is 0.275 e. The molecule has 0 aromatic heterocycles. The first-order valence-electron chi connectivity index (χ1n) is 9.94. The molecule has 0 fully saturated rings. The van der Waals surface area contributed by atoms with E-state index < -0.39 is 0 Å². The third kappa shape index (κ3) is 8.01. The van der Waals surface area contributed by atoms with Crippen molar-refractivity contribution in [3.63, 3.8) is 0 Å². The minimum absolute atomic E-state index is 0.293. The maximum atomic E-state index is 12.9. The third-order valence-electron chi connectivity index (χ3n) is 4.64. The Bertz CT molecular complexity index is 832. The second kappa shape index (κ2) is 13.3. The molecule has 4 N–H and O–H groups in total. The van der Waals surface area contributed by atoms with Crippen LogP contribution in [0.3, 0.4) is 0 Å². The lowest BCUT2D eigenvalue weighted by molar-refractivity contribution is -0.114. The van der Waals surface area contributed by atoms with E-state index in [4.69, 9.17) is 33.7 Å². The predicted molar refractivity (Wildman–Crippen MR) is 126 cm³/mol. The van der Waals surface area contributed by atoms with Gasteiger partial charge in [0.2, 0.25) is 0 Å². The number of nitrogens with two attached hydrogens (primary N) is 1. The second-order valence-electron chi connectivity index (χ2n) is 6.73. The molecule has 30 heavy (non-hydrogen) atoms. The number of nitrogens with zero attached hydrogens (tertiary/aromatic N) is 1. The molecule has 0 heterocycles. The highest BCUT2D eigenvalue weighted by molar-refractivity contribution is 6.45. The lowest BCUT2D eigenvalue weighted by Gasteiger charge is -2.17. The average Bonchev–Trinajstić information content (AvgIpc) is 2.73. The predicted octanol–water partition coefficient (Wildman–Crippen LogP) is 4.57. The molecule has 1 amide bonds. The van der Waals surface area contributed by atoms with E-state index in [1.165, 1.54) is 0 Å². The first-order chi connectivity index (χ1) is 14.2. The standard InChI is InChI=1S/C22H32Cl2N4O2/c1-6-14(3)21(27-13-16-8-9-17(23)18(24)12-16)28-22(29)20(26-5)15(4)19(25)10-11-30-7-2/h8-9,12,27H,6-7,10-11,13,25H2,1-5H3,(H,28,29)/b19-15?,21-14-,26-20?. The van der Waals surface area contributed by atoms with E-state index in [1.54, 1.807) is 26.1 Å². The van der Waals surface area contributed by atoms with Gasteiger partial charge < -0.3 is 21.1 Å². The van der Waals surface area contributed by atoms with Crippen molar-refractivity contribution in [2.24, 2.45) is 10.7 Å². The van der Waals surface area contributed by atoms with E-state index in [-0.39, 0.29) is 5.91 Å². The topological polar surface area (TPSA) is 88.7 Å². The van der Waals surface area contributed by atoms with Crippen molar-refractivity contribution >= 4 is 34.8 Å². The second-order valence-corrected chi connectivity index (χ2v) is 7.55. The summed E-state index contributed by atoms with van der Waals surface area (Å²) in [5.41, 5.74) is 9.61. The molecule has 1 aromatic carbocycles. The lowest BCUT2D eigenvalue weighted by atomic mass is 10.1. The number of hydrogen-bond donors (Lipinski definition) is 3. The molecule has 0 saturated heterocycles. The van der Waals surface area contributed by atoms with Crippen LogP contribution in [0.2, 0.25) is 10.0 Å². The third-order valence-corrected chi connectivity index (χ3v) is 5.38. The highest BCUT2D eigenvalue weighted by Crippen LogP contribution is 2.22. The molecule has 0 bridgehead atoms. The van der Waals surface area contributed by atoms with Crippen LogP contribution < -0.4 is 16.4 Å². The van der Waals surface area contributed by atoms with Crippen LogP contribution in [-0.4, -0.2) is 31.9 Å². The number of allylic oxidation sites excluding steroid dienone is 1. The van der Waals surface area contributed by atoms with E-state index >= 15 is 0 Å². The van der Waals surface area contributed by atoms with E-state index in [0.717, 1.165) is 17.6 Å². The summed E-state index contributed by atoms with van der Waals surface area (Å²) < 4.78 is 5.34. The summed E-state index contributed by atoms with van der Waals surface area (Å²) in [5, 5.41) is 7.20.